The Balaban J connectivity index is 1.91. The molecule has 1 N–H and O–H groups in total. The van der Waals surface area contributed by atoms with Gasteiger partial charge in [-0.1, -0.05) is 25.5 Å². The molecule has 0 saturated heterocycles. The van der Waals surface area contributed by atoms with Crippen molar-refractivity contribution in [1.29, 1.82) is 5.26 Å². The van der Waals surface area contributed by atoms with Gasteiger partial charge in [-0.25, -0.2) is 0 Å². The first-order valence-electron chi connectivity index (χ1n) is 7.95. The van der Waals surface area contributed by atoms with E-state index < -0.39 is 0 Å². The first-order chi connectivity index (χ1) is 10.6. The van der Waals surface area contributed by atoms with E-state index in [1.54, 1.807) is 0 Å². The Kier molecular flexibility index (Phi) is 5.83. The molecule has 0 aliphatic heterocycles. The number of hydrogen-bond acceptors (Lipinski definition) is 4. The number of carbonyl (C=O) groups excluding carboxylic acids is 1. The Morgan fingerprint density at radius 3 is 2.77 bits per heavy atom. The molecule has 0 heterocycles. The average Bonchev–Trinajstić information content (AvgIpc) is 2.55. The van der Waals surface area contributed by atoms with Gasteiger partial charge in [0.05, 0.1) is 19.6 Å². The molecule has 0 unspecified atom stereocenters. The van der Waals surface area contributed by atoms with Crippen LogP contribution in [0, 0.1) is 17.2 Å². The Labute approximate surface area is 132 Å². The van der Waals surface area contributed by atoms with Crippen LogP contribution in [0.2, 0.25) is 0 Å². The number of nitriles is 1. The molecule has 0 radical (unpaired) electrons. The molecule has 0 bridgehead atoms. The van der Waals surface area contributed by atoms with Crippen molar-refractivity contribution in [3.8, 4) is 6.07 Å². The van der Waals surface area contributed by atoms with Gasteiger partial charge in [0.25, 0.3) is 0 Å². The Bertz CT molecular complexity index is 533. The third-order valence-corrected chi connectivity index (χ3v) is 4.41. The predicted molar refractivity (Wildman–Crippen MR) is 86.5 cm³/mol. The molecular formula is C18H24N2O2. The molecule has 22 heavy (non-hydrogen) atoms. The summed E-state index contributed by atoms with van der Waals surface area (Å²) >= 11 is 0. The summed E-state index contributed by atoms with van der Waals surface area (Å²) in [5.41, 5.74) is 2.21. The van der Waals surface area contributed by atoms with Gasteiger partial charge in [-0.3, -0.25) is 4.79 Å². The predicted octanol–water partition coefficient (Wildman–Crippen LogP) is 3.85. The van der Waals surface area contributed by atoms with E-state index in [9.17, 15) is 4.79 Å². The molecule has 4 nitrogen and oxygen atoms in total. The van der Waals surface area contributed by atoms with Crippen molar-refractivity contribution in [3.05, 3.63) is 29.8 Å². The van der Waals surface area contributed by atoms with E-state index in [-0.39, 0.29) is 17.8 Å². The van der Waals surface area contributed by atoms with Crippen LogP contribution in [0.5, 0.6) is 0 Å². The highest BCUT2D eigenvalue weighted by molar-refractivity contribution is 5.70. The van der Waals surface area contributed by atoms with Crippen LogP contribution in [0.1, 0.15) is 50.5 Å². The van der Waals surface area contributed by atoms with Crippen LogP contribution < -0.4 is 5.32 Å². The van der Waals surface area contributed by atoms with Gasteiger partial charge in [0.1, 0.15) is 0 Å². The van der Waals surface area contributed by atoms with E-state index in [0.29, 0.717) is 12.5 Å². The van der Waals surface area contributed by atoms with E-state index in [2.05, 4.69) is 35.7 Å². The molecule has 118 valence electrons. The topological polar surface area (TPSA) is 62.1 Å². The monoisotopic (exact) mass is 300 g/mol. The van der Waals surface area contributed by atoms with E-state index in [0.717, 1.165) is 36.9 Å². The zero-order chi connectivity index (χ0) is 15.9. The second-order valence-corrected chi connectivity index (χ2v) is 6.14. The number of anilines is 1. The molecule has 0 spiro atoms. The van der Waals surface area contributed by atoms with Crippen molar-refractivity contribution in [1.82, 2.24) is 0 Å². The first kappa shape index (κ1) is 16.4. The van der Waals surface area contributed by atoms with Crippen molar-refractivity contribution >= 4 is 11.7 Å². The molecule has 0 amide bonds. The highest BCUT2D eigenvalue weighted by atomic mass is 16.5. The average molecular weight is 300 g/mol. The Morgan fingerprint density at radius 2 is 2.14 bits per heavy atom. The van der Waals surface area contributed by atoms with Gasteiger partial charge in [-0.15, -0.1) is 0 Å². The number of nitrogens with one attached hydrogen (secondary N) is 1. The van der Waals surface area contributed by atoms with E-state index >= 15 is 0 Å². The number of carbonyl (C=O) groups is 1. The van der Waals surface area contributed by atoms with Crippen molar-refractivity contribution in [2.75, 3.05) is 12.4 Å². The van der Waals surface area contributed by atoms with Crippen LogP contribution in [0.4, 0.5) is 5.69 Å². The number of rotatable bonds is 5. The van der Waals surface area contributed by atoms with Crippen molar-refractivity contribution in [2.45, 2.75) is 51.0 Å². The number of ether oxygens (including phenoxy) is 1. The van der Waals surface area contributed by atoms with E-state index in [1.807, 2.05) is 6.92 Å². The maximum absolute atomic E-state index is 11.3. The maximum atomic E-state index is 11.3. The van der Waals surface area contributed by atoms with E-state index in [4.69, 9.17) is 10.00 Å². The van der Waals surface area contributed by atoms with Crippen LogP contribution >= 0.6 is 0 Å². The molecule has 1 aromatic rings. The molecule has 1 fully saturated rings. The summed E-state index contributed by atoms with van der Waals surface area (Å²) in [5, 5.41) is 12.6. The number of benzene rings is 1. The summed E-state index contributed by atoms with van der Waals surface area (Å²) < 4.78 is 4.71. The van der Waals surface area contributed by atoms with Crippen LogP contribution in [-0.2, 0) is 9.53 Å². The smallest absolute Gasteiger partial charge is 0.306 e. The Hall–Kier alpha value is -2.02. The van der Waals surface area contributed by atoms with Gasteiger partial charge < -0.3 is 10.1 Å². The number of nitrogens with zero attached hydrogens (tertiary/aromatic N) is 1. The number of hydrogen-bond donors (Lipinski definition) is 1. The highest BCUT2D eigenvalue weighted by Crippen LogP contribution is 2.27. The van der Waals surface area contributed by atoms with Gasteiger partial charge in [0.2, 0.25) is 0 Å². The lowest BCUT2D eigenvalue weighted by atomic mass is 9.86. The van der Waals surface area contributed by atoms with Crippen LogP contribution in [-0.4, -0.2) is 19.1 Å². The van der Waals surface area contributed by atoms with E-state index in [1.165, 1.54) is 7.11 Å². The lowest BCUT2D eigenvalue weighted by Gasteiger charge is -2.27. The maximum Gasteiger partial charge on any atom is 0.306 e. The number of esters is 1. The Morgan fingerprint density at radius 1 is 1.41 bits per heavy atom. The fraction of sp³-hybridized carbons (Fsp3) is 0.556. The standard InChI is InChI=1S/C18H24N2O2/c1-13(10-18(21)22-2)15-6-8-16(9-7-15)20-17-5-3-4-14(11-17)12-19/h6-9,13-14,17,20H,3-5,10-11H2,1-2H3/t13-,14-,17-/m0/s1. The van der Waals surface area contributed by atoms with Crippen LogP contribution in [0.15, 0.2) is 24.3 Å². The fourth-order valence-corrected chi connectivity index (χ4v) is 3.03. The molecular weight excluding hydrogens is 276 g/mol. The normalized spacial score (nSPS) is 22.4. The van der Waals surface area contributed by atoms with Crippen molar-refractivity contribution in [3.63, 3.8) is 0 Å². The van der Waals surface area contributed by atoms with Gasteiger partial charge in [0, 0.05) is 17.6 Å². The minimum Gasteiger partial charge on any atom is -0.469 e. The lowest BCUT2D eigenvalue weighted by Crippen LogP contribution is -2.26. The summed E-state index contributed by atoms with van der Waals surface area (Å²) in [6, 6.07) is 11.0. The third kappa shape index (κ3) is 4.49. The van der Waals surface area contributed by atoms with Gasteiger partial charge in [0.15, 0.2) is 0 Å². The highest BCUT2D eigenvalue weighted by Gasteiger charge is 2.21. The van der Waals surface area contributed by atoms with Gasteiger partial charge in [-0.05, 0) is 42.9 Å². The fourth-order valence-electron chi connectivity index (χ4n) is 3.03. The quantitative estimate of drug-likeness (QED) is 0.839. The second kappa shape index (κ2) is 7.84. The molecule has 2 rings (SSSR count). The summed E-state index contributed by atoms with van der Waals surface area (Å²) in [4.78, 5) is 11.3. The summed E-state index contributed by atoms with van der Waals surface area (Å²) in [6.07, 6.45) is 4.59. The molecule has 1 aromatic carbocycles. The zero-order valence-corrected chi connectivity index (χ0v) is 13.3. The SMILES string of the molecule is COC(=O)C[C@H](C)c1ccc(N[C@H]2CCC[C@H](C#N)C2)cc1. The zero-order valence-electron chi connectivity index (χ0n) is 13.3. The molecule has 0 aromatic heterocycles. The van der Waals surface area contributed by atoms with Crippen LogP contribution in [0.25, 0.3) is 0 Å². The van der Waals surface area contributed by atoms with Crippen molar-refractivity contribution < 1.29 is 9.53 Å². The molecule has 1 aliphatic rings. The minimum absolute atomic E-state index is 0.152. The summed E-state index contributed by atoms with van der Waals surface area (Å²) in [6.45, 7) is 2.03. The molecule has 1 saturated carbocycles. The van der Waals surface area contributed by atoms with Crippen LogP contribution in [0.3, 0.4) is 0 Å². The summed E-state index contributed by atoms with van der Waals surface area (Å²) in [7, 11) is 1.42. The van der Waals surface area contributed by atoms with Crippen molar-refractivity contribution in [2.24, 2.45) is 5.92 Å². The second-order valence-electron chi connectivity index (χ2n) is 6.14. The minimum atomic E-state index is -0.181. The molecule has 1 aliphatic carbocycles. The molecule has 4 heteroatoms. The third-order valence-electron chi connectivity index (χ3n) is 4.41. The van der Waals surface area contributed by atoms with Gasteiger partial charge >= 0.3 is 5.97 Å². The largest absolute Gasteiger partial charge is 0.469 e. The lowest BCUT2D eigenvalue weighted by molar-refractivity contribution is -0.140. The first-order valence-corrected chi connectivity index (χ1v) is 7.95. The van der Waals surface area contributed by atoms with Gasteiger partial charge in [-0.2, -0.15) is 5.26 Å². The molecule has 3 atom stereocenters. The summed E-state index contributed by atoms with van der Waals surface area (Å²) in [5.74, 6) is 0.157. The number of methoxy groups -OCH3 is 1.